The summed E-state index contributed by atoms with van der Waals surface area (Å²) in [4.78, 5) is 42.8. The molecule has 2 N–H and O–H groups in total. The Bertz CT molecular complexity index is 1140. The van der Waals surface area contributed by atoms with Gasteiger partial charge in [0.1, 0.15) is 6.61 Å². The van der Waals surface area contributed by atoms with Gasteiger partial charge >= 0.3 is 19.8 Å². The average molecular weight is 775 g/mol. The fourth-order valence-electron chi connectivity index (χ4n) is 5.24. The Balaban J connectivity index is 4.07. The van der Waals surface area contributed by atoms with Crippen LogP contribution in [-0.4, -0.2) is 41.0 Å². The average Bonchev–Trinajstić information content (AvgIpc) is 3.14. The van der Waals surface area contributed by atoms with Crippen LogP contribution in [-0.2, 0) is 28.2 Å². The summed E-state index contributed by atoms with van der Waals surface area (Å²) in [6.07, 6.45) is 53.0. The Morgan fingerprint density at radius 1 is 0.481 bits per heavy atom. The van der Waals surface area contributed by atoms with E-state index in [1.165, 1.54) is 51.4 Å². The molecule has 0 heterocycles. The number of phosphoric acid groups is 1. The van der Waals surface area contributed by atoms with Crippen LogP contribution in [0.15, 0.2) is 85.1 Å². The molecule has 1 atom stereocenters. The third-order valence-electron chi connectivity index (χ3n) is 8.39. The van der Waals surface area contributed by atoms with E-state index in [1.807, 2.05) is 0 Å². The number of rotatable bonds is 37. The molecule has 54 heavy (non-hydrogen) atoms. The zero-order chi connectivity index (χ0) is 39.6. The van der Waals surface area contributed by atoms with Gasteiger partial charge in [0.25, 0.3) is 0 Å². The van der Waals surface area contributed by atoms with E-state index in [0.29, 0.717) is 12.8 Å². The van der Waals surface area contributed by atoms with Crippen LogP contribution in [0.3, 0.4) is 0 Å². The largest absolute Gasteiger partial charge is 0.469 e. The summed E-state index contributed by atoms with van der Waals surface area (Å²) < 4.78 is 26.3. The molecule has 0 spiro atoms. The third kappa shape index (κ3) is 42.0. The summed E-state index contributed by atoms with van der Waals surface area (Å²) >= 11 is 0. The minimum Gasteiger partial charge on any atom is -0.462 e. The molecule has 8 nitrogen and oxygen atoms in total. The molecular weight excluding hydrogens is 699 g/mol. The molecule has 0 unspecified atom stereocenters. The van der Waals surface area contributed by atoms with Crippen molar-refractivity contribution in [3.05, 3.63) is 85.1 Å². The summed E-state index contributed by atoms with van der Waals surface area (Å²) in [5.74, 6) is -0.954. The molecule has 0 rings (SSSR count). The van der Waals surface area contributed by atoms with Gasteiger partial charge in [-0.15, -0.1) is 0 Å². The smallest absolute Gasteiger partial charge is 0.462 e. The van der Waals surface area contributed by atoms with Gasteiger partial charge in [0.05, 0.1) is 6.61 Å². The monoisotopic (exact) mass is 775 g/mol. The lowest BCUT2D eigenvalue weighted by Gasteiger charge is -2.18. The Kier molecular flexibility index (Phi) is 37.9. The zero-order valence-electron chi connectivity index (χ0n) is 33.8. The summed E-state index contributed by atoms with van der Waals surface area (Å²) in [6.45, 7) is 3.57. The van der Waals surface area contributed by atoms with Gasteiger partial charge in [0.2, 0.25) is 0 Å². The van der Waals surface area contributed by atoms with Crippen molar-refractivity contribution < 1.29 is 37.9 Å². The molecule has 0 bridgehead atoms. The maximum absolute atomic E-state index is 12.4. The number of carbonyl (C=O) groups excluding carboxylic acids is 2. The molecular formula is C45H75O8P. The normalized spacial score (nSPS) is 13.3. The first-order valence-corrected chi connectivity index (χ1v) is 22.4. The van der Waals surface area contributed by atoms with Crippen molar-refractivity contribution >= 4 is 19.8 Å². The second kappa shape index (κ2) is 39.9. The van der Waals surface area contributed by atoms with Crippen LogP contribution in [0.5, 0.6) is 0 Å². The van der Waals surface area contributed by atoms with E-state index in [1.54, 1.807) is 0 Å². The highest BCUT2D eigenvalue weighted by atomic mass is 31.2. The topological polar surface area (TPSA) is 119 Å². The Labute approximate surface area is 329 Å². The lowest BCUT2D eigenvalue weighted by Crippen LogP contribution is -2.29. The number of phosphoric ester groups is 1. The van der Waals surface area contributed by atoms with Gasteiger partial charge in [-0.05, 0) is 96.3 Å². The minimum absolute atomic E-state index is 0.164. The number of hydrogen-bond acceptors (Lipinski definition) is 6. The molecule has 0 aromatic rings. The molecule has 0 aliphatic rings. The summed E-state index contributed by atoms with van der Waals surface area (Å²) in [7, 11) is -4.77. The molecule has 0 aliphatic carbocycles. The summed E-state index contributed by atoms with van der Waals surface area (Å²) in [6, 6.07) is 0. The van der Waals surface area contributed by atoms with Gasteiger partial charge < -0.3 is 19.3 Å². The fourth-order valence-corrected chi connectivity index (χ4v) is 5.60. The van der Waals surface area contributed by atoms with E-state index < -0.39 is 32.5 Å². The van der Waals surface area contributed by atoms with Crippen molar-refractivity contribution in [3.8, 4) is 0 Å². The number of allylic oxidation sites excluding steroid dienone is 14. The Morgan fingerprint density at radius 2 is 0.833 bits per heavy atom. The highest BCUT2D eigenvalue weighted by Crippen LogP contribution is 2.36. The number of unbranched alkanes of at least 4 members (excludes halogenated alkanes) is 13. The third-order valence-corrected chi connectivity index (χ3v) is 8.87. The lowest BCUT2D eigenvalue weighted by atomic mass is 10.1. The van der Waals surface area contributed by atoms with Crippen molar-refractivity contribution in [2.24, 2.45) is 0 Å². The van der Waals surface area contributed by atoms with Gasteiger partial charge in [0, 0.05) is 12.8 Å². The van der Waals surface area contributed by atoms with Crippen molar-refractivity contribution in [2.75, 3.05) is 13.2 Å². The van der Waals surface area contributed by atoms with E-state index in [2.05, 4.69) is 103 Å². The Morgan fingerprint density at radius 3 is 1.24 bits per heavy atom. The molecule has 0 saturated heterocycles. The SMILES string of the molecule is CCCCC/C=C/C/C=C/C/C=C/C/C=C/CCCCCC(=O)O[C@H](COC(=O)CCCCCC/C=C/C/C=C/C/C=C/CCCCC)COP(=O)(O)O. The van der Waals surface area contributed by atoms with Gasteiger partial charge in [-0.2, -0.15) is 0 Å². The molecule has 0 saturated carbocycles. The molecule has 308 valence electrons. The molecule has 0 fully saturated rings. The van der Waals surface area contributed by atoms with Crippen molar-refractivity contribution in [2.45, 2.75) is 174 Å². The van der Waals surface area contributed by atoms with Crippen LogP contribution < -0.4 is 0 Å². The lowest BCUT2D eigenvalue weighted by molar-refractivity contribution is -0.161. The van der Waals surface area contributed by atoms with Gasteiger partial charge in [-0.3, -0.25) is 14.1 Å². The number of esters is 2. The highest BCUT2D eigenvalue weighted by molar-refractivity contribution is 7.46. The predicted octanol–water partition coefficient (Wildman–Crippen LogP) is 12.8. The van der Waals surface area contributed by atoms with Gasteiger partial charge in [-0.1, -0.05) is 144 Å². The van der Waals surface area contributed by atoms with Crippen LogP contribution in [0.4, 0.5) is 0 Å². The second-order valence-corrected chi connectivity index (χ2v) is 14.8. The van der Waals surface area contributed by atoms with E-state index in [-0.39, 0.29) is 19.4 Å². The van der Waals surface area contributed by atoms with E-state index in [9.17, 15) is 14.2 Å². The second-order valence-electron chi connectivity index (χ2n) is 13.6. The minimum atomic E-state index is -4.77. The maximum atomic E-state index is 12.4. The van der Waals surface area contributed by atoms with Crippen molar-refractivity contribution in [1.29, 1.82) is 0 Å². The molecule has 0 aromatic heterocycles. The molecule has 0 radical (unpaired) electrons. The van der Waals surface area contributed by atoms with Crippen LogP contribution >= 0.6 is 7.82 Å². The van der Waals surface area contributed by atoms with E-state index >= 15 is 0 Å². The fraction of sp³-hybridized carbons (Fsp3) is 0.644. The number of ether oxygens (including phenoxy) is 2. The maximum Gasteiger partial charge on any atom is 0.469 e. The summed E-state index contributed by atoms with van der Waals surface area (Å²) in [5.41, 5.74) is 0. The first kappa shape index (κ1) is 51.2. The molecule has 0 aromatic carbocycles. The van der Waals surface area contributed by atoms with Gasteiger partial charge in [0.15, 0.2) is 6.10 Å². The quantitative estimate of drug-likeness (QED) is 0.0277. The van der Waals surface area contributed by atoms with Crippen molar-refractivity contribution in [3.63, 3.8) is 0 Å². The number of hydrogen-bond donors (Lipinski definition) is 2. The van der Waals surface area contributed by atoms with E-state index in [4.69, 9.17) is 19.3 Å². The molecule has 0 amide bonds. The van der Waals surface area contributed by atoms with Crippen LogP contribution in [0.2, 0.25) is 0 Å². The summed E-state index contributed by atoms with van der Waals surface area (Å²) in [5, 5.41) is 0. The van der Waals surface area contributed by atoms with Crippen LogP contribution in [0, 0.1) is 0 Å². The standard InChI is InChI=1S/C45H75O8P/c1-3-5-7-9-11-13-15-17-19-21-22-24-26-28-30-32-34-36-38-40-45(47)53-43(42-52-54(48,49)50)41-51-44(46)39-37-35-33-31-29-27-25-23-20-18-16-14-12-10-8-6-4-2/h11-14,17-20,22,24-25,27-28,30,43H,3-10,15-16,21,23,26,29,31-42H2,1-2H3,(H2,48,49,50)/b13-11+,14-12+,19-17+,20-18+,24-22+,27-25+,30-28+/t43-/m1/s1. The number of carbonyl (C=O) groups is 2. The first-order valence-electron chi connectivity index (χ1n) is 20.9. The predicted molar refractivity (Wildman–Crippen MR) is 225 cm³/mol. The highest BCUT2D eigenvalue weighted by Gasteiger charge is 2.22. The van der Waals surface area contributed by atoms with Crippen molar-refractivity contribution in [1.82, 2.24) is 0 Å². The molecule has 9 heteroatoms. The van der Waals surface area contributed by atoms with Crippen LogP contribution in [0.25, 0.3) is 0 Å². The van der Waals surface area contributed by atoms with Crippen LogP contribution in [0.1, 0.15) is 168 Å². The van der Waals surface area contributed by atoms with E-state index in [0.717, 1.165) is 77.0 Å². The molecule has 0 aliphatic heterocycles. The zero-order valence-corrected chi connectivity index (χ0v) is 34.7. The van der Waals surface area contributed by atoms with Gasteiger partial charge in [-0.25, -0.2) is 4.57 Å². The first-order chi connectivity index (χ1) is 26.3. The Hall–Kier alpha value is -2.77.